The van der Waals surface area contributed by atoms with E-state index in [0.29, 0.717) is 43.2 Å². The molecule has 1 aliphatic rings. The van der Waals surface area contributed by atoms with Crippen molar-refractivity contribution in [3.63, 3.8) is 0 Å². The number of halogens is 1. The summed E-state index contributed by atoms with van der Waals surface area (Å²) in [4.78, 5) is 27.7. The summed E-state index contributed by atoms with van der Waals surface area (Å²) in [6.07, 6.45) is -0.859. The van der Waals surface area contributed by atoms with Gasteiger partial charge in [0.15, 0.2) is 0 Å². The third-order valence-electron chi connectivity index (χ3n) is 6.19. The van der Waals surface area contributed by atoms with E-state index in [1.165, 1.54) is 4.90 Å². The molecule has 3 aromatic carbocycles. The van der Waals surface area contributed by atoms with Gasteiger partial charge in [-0.2, -0.15) is 0 Å². The lowest BCUT2D eigenvalue weighted by Gasteiger charge is -2.33. The van der Waals surface area contributed by atoms with Crippen LogP contribution in [0.1, 0.15) is 15.9 Å². The van der Waals surface area contributed by atoms with E-state index in [1.54, 1.807) is 6.07 Å². The van der Waals surface area contributed by atoms with E-state index in [1.807, 2.05) is 60.7 Å². The zero-order valence-electron chi connectivity index (χ0n) is 18.9. The Bertz CT molecular complexity index is 1390. The van der Waals surface area contributed by atoms with Gasteiger partial charge < -0.3 is 19.7 Å². The van der Waals surface area contributed by atoms with Crippen LogP contribution in [0, 0.1) is 0 Å². The van der Waals surface area contributed by atoms with Crippen LogP contribution in [-0.2, 0) is 6.54 Å². The maximum absolute atomic E-state index is 12.9. The van der Waals surface area contributed by atoms with E-state index in [0.717, 1.165) is 33.1 Å². The lowest BCUT2D eigenvalue weighted by Crippen LogP contribution is -2.47. The molecule has 0 spiro atoms. The lowest BCUT2D eigenvalue weighted by atomic mass is 10.1. The minimum absolute atomic E-state index is 0.202. The number of hydrogen-bond donors (Lipinski definition) is 2. The lowest BCUT2D eigenvalue weighted by molar-refractivity contribution is 0.102. The van der Waals surface area contributed by atoms with E-state index >= 15 is 0 Å². The molecule has 0 radical (unpaired) electrons. The topological polar surface area (TPSA) is 86.0 Å². The van der Waals surface area contributed by atoms with Crippen LogP contribution >= 0.6 is 15.9 Å². The zero-order valence-corrected chi connectivity index (χ0v) is 20.5. The Morgan fingerprint density at radius 2 is 1.69 bits per heavy atom. The first-order valence-corrected chi connectivity index (χ1v) is 12.2. The fourth-order valence-electron chi connectivity index (χ4n) is 4.30. The fraction of sp³-hybridized carbons (Fsp3) is 0.185. The molecule has 178 valence electrons. The summed E-state index contributed by atoms with van der Waals surface area (Å²) in [5.74, 6) is 0.474. The minimum Gasteiger partial charge on any atom is -0.465 e. The number of anilines is 1. The van der Waals surface area contributed by atoms with E-state index in [2.05, 4.69) is 32.2 Å². The van der Waals surface area contributed by atoms with Gasteiger partial charge in [0.05, 0.1) is 11.3 Å². The molecule has 0 aliphatic carbocycles. The summed E-state index contributed by atoms with van der Waals surface area (Å²) < 4.78 is 6.95. The van der Waals surface area contributed by atoms with Gasteiger partial charge in [0.2, 0.25) is 0 Å². The number of carbonyl (C=O) groups excluding carboxylic acids is 1. The first-order chi connectivity index (χ1) is 17.0. The SMILES string of the molecule is O=C(Nc1ccccc1-c1cc2ccc(CN3CCN(C(=O)O)CC3)cc2o1)c1ccccc1Br. The predicted molar refractivity (Wildman–Crippen MR) is 139 cm³/mol. The van der Waals surface area contributed by atoms with Crippen molar-refractivity contribution in [1.29, 1.82) is 0 Å². The maximum Gasteiger partial charge on any atom is 0.407 e. The molecular weight excluding hydrogens is 510 g/mol. The number of benzene rings is 3. The molecular formula is C27H24BrN3O4. The van der Waals surface area contributed by atoms with Crippen molar-refractivity contribution in [3.05, 3.63) is 88.4 Å². The van der Waals surface area contributed by atoms with Crippen molar-refractivity contribution in [1.82, 2.24) is 9.80 Å². The highest BCUT2D eigenvalue weighted by Crippen LogP contribution is 2.34. The largest absolute Gasteiger partial charge is 0.465 e. The quantitative estimate of drug-likeness (QED) is 0.333. The smallest absolute Gasteiger partial charge is 0.407 e. The number of nitrogens with zero attached hydrogens (tertiary/aromatic N) is 2. The molecule has 1 aliphatic heterocycles. The number of para-hydroxylation sites is 1. The Kier molecular flexibility index (Phi) is 6.57. The molecule has 4 aromatic rings. The van der Waals surface area contributed by atoms with Gasteiger partial charge in [-0.3, -0.25) is 9.69 Å². The Balaban J connectivity index is 1.35. The monoisotopic (exact) mass is 533 g/mol. The Morgan fingerprint density at radius 3 is 2.46 bits per heavy atom. The van der Waals surface area contributed by atoms with E-state index in [4.69, 9.17) is 9.52 Å². The molecule has 0 bridgehead atoms. The van der Waals surface area contributed by atoms with Crippen LogP contribution < -0.4 is 5.32 Å². The zero-order chi connectivity index (χ0) is 24.4. The second-order valence-corrected chi connectivity index (χ2v) is 9.36. The molecule has 2 amide bonds. The molecule has 2 N–H and O–H groups in total. The molecule has 1 saturated heterocycles. The van der Waals surface area contributed by atoms with E-state index in [-0.39, 0.29) is 5.91 Å². The molecule has 7 nitrogen and oxygen atoms in total. The molecule has 0 atom stereocenters. The van der Waals surface area contributed by atoms with Crippen molar-refractivity contribution in [3.8, 4) is 11.3 Å². The standard InChI is InChI=1S/C27H24BrN3O4/c28-22-7-3-1-5-20(22)26(32)29-23-8-4-2-6-21(23)25-16-19-10-9-18(15-24(19)35-25)17-30-11-13-31(14-12-30)27(33)34/h1-10,15-16H,11-14,17H2,(H,29,32)(H,33,34). The van der Waals surface area contributed by atoms with Crippen LogP contribution in [0.3, 0.4) is 0 Å². The molecule has 0 saturated carbocycles. The number of fused-ring (bicyclic) bond motifs is 1. The van der Waals surface area contributed by atoms with Crippen LogP contribution in [-0.4, -0.2) is 53.1 Å². The average Bonchev–Trinajstić information content (AvgIpc) is 3.28. The molecule has 1 fully saturated rings. The summed E-state index contributed by atoms with van der Waals surface area (Å²) in [5, 5.41) is 13.1. The number of carbonyl (C=O) groups is 2. The number of rotatable bonds is 5. The summed E-state index contributed by atoms with van der Waals surface area (Å²) in [6.45, 7) is 3.18. The summed E-state index contributed by atoms with van der Waals surface area (Å²) >= 11 is 3.44. The summed E-state index contributed by atoms with van der Waals surface area (Å²) in [5.41, 5.74) is 3.91. The van der Waals surface area contributed by atoms with Gasteiger partial charge in [-0.15, -0.1) is 0 Å². The summed E-state index contributed by atoms with van der Waals surface area (Å²) in [7, 11) is 0. The number of carboxylic acid groups (broad SMARTS) is 1. The Labute approximate surface area is 211 Å². The molecule has 0 unspecified atom stereocenters. The van der Waals surface area contributed by atoms with Crippen molar-refractivity contribution in [2.45, 2.75) is 6.54 Å². The minimum atomic E-state index is -0.859. The first-order valence-electron chi connectivity index (χ1n) is 11.4. The number of furan rings is 1. The average molecular weight is 534 g/mol. The van der Waals surface area contributed by atoms with Crippen molar-refractivity contribution >= 4 is 44.6 Å². The van der Waals surface area contributed by atoms with Crippen LogP contribution in [0.4, 0.5) is 10.5 Å². The molecule has 8 heteroatoms. The van der Waals surface area contributed by atoms with Gasteiger partial charge in [-0.1, -0.05) is 36.4 Å². The van der Waals surface area contributed by atoms with Crippen molar-refractivity contribution in [2.24, 2.45) is 0 Å². The van der Waals surface area contributed by atoms with E-state index < -0.39 is 6.09 Å². The number of nitrogens with one attached hydrogen (secondary N) is 1. The highest BCUT2D eigenvalue weighted by molar-refractivity contribution is 9.10. The van der Waals surface area contributed by atoms with Gasteiger partial charge >= 0.3 is 6.09 Å². The van der Waals surface area contributed by atoms with Gasteiger partial charge in [-0.05, 0) is 57.9 Å². The third kappa shape index (κ3) is 5.08. The van der Waals surface area contributed by atoms with Crippen LogP contribution in [0.5, 0.6) is 0 Å². The predicted octanol–water partition coefficient (Wildman–Crippen LogP) is 5.91. The first kappa shape index (κ1) is 23.1. The molecule has 35 heavy (non-hydrogen) atoms. The fourth-order valence-corrected chi connectivity index (χ4v) is 4.77. The van der Waals surface area contributed by atoms with Crippen LogP contribution in [0.25, 0.3) is 22.3 Å². The van der Waals surface area contributed by atoms with Crippen LogP contribution in [0.15, 0.2) is 81.7 Å². The van der Waals surface area contributed by atoms with Gasteiger partial charge in [0, 0.05) is 48.1 Å². The second-order valence-electron chi connectivity index (χ2n) is 8.51. The van der Waals surface area contributed by atoms with Gasteiger partial charge in [-0.25, -0.2) is 4.79 Å². The van der Waals surface area contributed by atoms with Gasteiger partial charge in [0.25, 0.3) is 5.91 Å². The molecule has 1 aromatic heterocycles. The number of amides is 2. The normalized spacial score (nSPS) is 14.3. The Morgan fingerprint density at radius 1 is 0.943 bits per heavy atom. The van der Waals surface area contributed by atoms with Crippen LogP contribution in [0.2, 0.25) is 0 Å². The number of hydrogen-bond acceptors (Lipinski definition) is 4. The van der Waals surface area contributed by atoms with Crippen molar-refractivity contribution < 1.29 is 19.1 Å². The van der Waals surface area contributed by atoms with Crippen molar-refractivity contribution in [2.75, 3.05) is 31.5 Å². The highest BCUT2D eigenvalue weighted by Gasteiger charge is 2.21. The van der Waals surface area contributed by atoms with E-state index in [9.17, 15) is 9.59 Å². The second kappa shape index (κ2) is 9.93. The Hall–Kier alpha value is -3.62. The highest BCUT2D eigenvalue weighted by atomic mass is 79.9. The molecule has 2 heterocycles. The third-order valence-corrected chi connectivity index (χ3v) is 6.88. The molecule has 5 rings (SSSR count). The summed E-state index contributed by atoms with van der Waals surface area (Å²) in [6, 6.07) is 23.0. The van der Waals surface area contributed by atoms with Gasteiger partial charge in [0.1, 0.15) is 11.3 Å². The number of piperazine rings is 1. The maximum atomic E-state index is 12.9.